The van der Waals surface area contributed by atoms with Crippen LogP contribution in [0.4, 0.5) is 0 Å². The topological polar surface area (TPSA) is 26.3 Å². The fraction of sp³-hybridized carbons (Fsp3) is 0.875. The van der Waals surface area contributed by atoms with Crippen molar-refractivity contribution in [3.63, 3.8) is 0 Å². The smallest absolute Gasteiger partial charge is 0.309 e. The van der Waals surface area contributed by atoms with E-state index in [1.807, 2.05) is 0 Å². The van der Waals surface area contributed by atoms with Crippen LogP contribution in [-0.4, -0.2) is 12.6 Å². The number of esters is 1. The lowest BCUT2D eigenvalue weighted by Gasteiger charge is -2.05. The molecule has 0 aromatic heterocycles. The fourth-order valence-corrected chi connectivity index (χ4v) is 2.13. The van der Waals surface area contributed by atoms with E-state index in [2.05, 4.69) is 13.8 Å². The molecule has 3 atom stereocenters. The van der Waals surface area contributed by atoms with Crippen molar-refractivity contribution in [1.29, 1.82) is 0 Å². The number of cyclic esters (lactones) is 1. The maximum absolute atomic E-state index is 10.9. The third-order valence-electron chi connectivity index (χ3n) is 2.69. The van der Waals surface area contributed by atoms with E-state index in [-0.39, 0.29) is 11.9 Å². The molecule has 10 heavy (non-hydrogen) atoms. The second kappa shape index (κ2) is 1.74. The number of carbonyl (C=O) groups is 1. The molecule has 0 radical (unpaired) electrons. The van der Waals surface area contributed by atoms with Crippen LogP contribution >= 0.6 is 0 Å². The number of hydrogen-bond donors (Lipinski definition) is 0. The zero-order valence-corrected chi connectivity index (χ0v) is 6.33. The molecule has 0 N–H and O–H groups in total. The summed E-state index contributed by atoms with van der Waals surface area (Å²) in [5, 5.41) is 0. The van der Waals surface area contributed by atoms with Crippen molar-refractivity contribution in [3.8, 4) is 0 Å². The molecule has 2 heteroatoms. The molecule has 1 aliphatic carbocycles. The Balaban J connectivity index is 2.05. The van der Waals surface area contributed by atoms with Crippen molar-refractivity contribution in [2.75, 3.05) is 6.61 Å². The summed E-state index contributed by atoms with van der Waals surface area (Å²) in [5.41, 5.74) is 0. The van der Waals surface area contributed by atoms with Crippen molar-refractivity contribution in [3.05, 3.63) is 0 Å². The van der Waals surface area contributed by atoms with Crippen molar-refractivity contribution in [2.45, 2.75) is 13.8 Å². The highest BCUT2D eigenvalue weighted by Gasteiger charge is 2.61. The Bertz CT molecular complexity index is 174. The van der Waals surface area contributed by atoms with Crippen LogP contribution in [0.25, 0.3) is 0 Å². The summed E-state index contributed by atoms with van der Waals surface area (Å²) in [6.07, 6.45) is 0. The number of rotatable bonds is 1. The molecule has 1 saturated carbocycles. The minimum atomic E-state index is 0.0451. The molecule has 0 amide bonds. The third kappa shape index (κ3) is 0.619. The monoisotopic (exact) mass is 140 g/mol. The predicted molar refractivity (Wildman–Crippen MR) is 36.3 cm³/mol. The summed E-state index contributed by atoms with van der Waals surface area (Å²) in [4.78, 5) is 10.9. The third-order valence-corrected chi connectivity index (χ3v) is 2.69. The highest BCUT2D eigenvalue weighted by atomic mass is 16.5. The Morgan fingerprint density at radius 2 is 2.30 bits per heavy atom. The highest BCUT2D eigenvalue weighted by molar-refractivity contribution is 5.79. The largest absolute Gasteiger partial charge is 0.465 e. The van der Waals surface area contributed by atoms with Crippen molar-refractivity contribution >= 4 is 5.97 Å². The van der Waals surface area contributed by atoms with Gasteiger partial charge >= 0.3 is 5.97 Å². The molecular weight excluding hydrogens is 128 g/mol. The van der Waals surface area contributed by atoms with Gasteiger partial charge in [-0.1, -0.05) is 13.8 Å². The summed E-state index contributed by atoms with van der Waals surface area (Å²) >= 11 is 0. The minimum absolute atomic E-state index is 0.0451. The molecule has 2 rings (SSSR count). The van der Waals surface area contributed by atoms with Gasteiger partial charge in [-0.3, -0.25) is 4.79 Å². The molecule has 2 nitrogen and oxygen atoms in total. The van der Waals surface area contributed by atoms with Gasteiger partial charge in [-0.15, -0.1) is 0 Å². The summed E-state index contributed by atoms with van der Waals surface area (Å²) in [5.74, 6) is 2.19. The van der Waals surface area contributed by atoms with Crippen LogP contribution in [0.2, 0.25) is 0 Å². The first-order valence-electron chi connectivity index (χ1n) is 3.88. The number of fused-ring (bicyclic) bond motifs is 1. The average Bonchev–Trinajstić information content (AvgIpc) is 2.48. The van der Waals surface area contributed by atoms with Crippen LogP contribution in [0.5, 0.6) is 0 Å². The molecule has 0 aromatic rings. The fourth-order valence-electron chi connectivity index (χ4n) is 2.13. The SMILES string of the molecule is CC(C)[C@@H]1[C@H]2COC(=O)[C@H]21. The lowest BCUT2D eigenvalue weighted by molar-refractivity contribution is -0.142. The lowest BCUT2D eigenvalue weighted by Crippen LogP contribution is -2.08. The molecule has 2 aliphatic rings. The minimum Gasteiger partial charge on any atom is -0.465 e. The molecule has 1 aliphatic heterocycles. The molecule has 0 unspecified atom stereocenters. The quantitative estimate of drug-likeness (QED) is 0.509. The summed E-state index contributed by atoms with van der Waals surface area (Å²) in [6, 6.07) is 0. The average molecular weight is 140 g/mol. The van der Waals surface area contributed by atoms with Gasteiger partial charge in [-0.05, 0) is 11.8 Å². The van der Waals surface area contributed by atoms with Gasteiger partial charge < -0.3 is 4.74 Å². The Morgan fingerprint density at radius 3 is 2.60 bits per heavy atom. The number of hydrogen-bond acceptors (Lipinski definition) is 2. The maximum Gasteiger partial charge on any atom is 0.309 e. The highest BCUT2D eigenvalue weighted by Crippen LogP contribution is 2.55. The van der Waals surface area contributed by atoms with Crippen LogP contribution < -0.4 is 0 Å². The van der Waals surface area contributed by atoms with E-state index >= 15 is 0 Å². The van der Waals surface area contributed by atoms with E-state index in [9.17, 15) is 4.79 Å². The molecule has 1 heterocycles. The second-order valence-electron chi connectivity index (χ2n) is 3.64. The Hall–Kier alpha value is -0.530. The molecule has 1 saturated heterocycles. The van der Waals surface area contributed by atoms with Crippen molar-refractivity contribution in [1.82, 2.24) is 0 Å². The van der Waals surface area contributed by atoms with Gasteiger partial charge in [0.15, 0.2) is 0 Å². The Kier molecular flexibility index (Phi) is 1.08. The van der Waals surface area contributed by atoms with Gasteiger partial charge in [-0.25, -0.2) is 0 Å². The van der Waals surface area contributed by atoms with Gasteiger partial charge in [-0.2, -0.15) is 0 Å². The Morgan fingerprint density at radius 1 is 1.60 bits per heavy atom. The predicted octanol–water partition coefficient (Wildman–Crippen LogP) is 1.06. The van der Waals surface area contributed by atoms with E-state index in [0.717, 1.165) is 0 Å². The van der Waals surface area contributed by atoms with Crippen LogP contribution in [0.3, 0.4) is 0 Å². The maximum atomic E-state index is 10.9. The van der Waals surface area contributed by atoms with Crippen LogP contribution in [-0.2, 0) is 9.53 Å². The van der Waals surface area contributed by atoms with Crippen molar-refractivity contribution in [2.24, 2.45) is 23.7 Å². The van der Waals surface area contributed by atoms with E-state index < -0.39 is 0 Å². The molecule has 56 valence electrons. The molecule has 2 fully saturated rings. The van der Waals surface area contributed by atoms with Gasteiger partial charge in [0.2, 0.25) is 0 Å². The zero-order chi connectivity index (χ0) is 7.30. The van der Waals surface area contributed by atoms with E-state index in [4.69, 9.17) is 4.74 Å². The van der Waals surface area contributed by atoms with E-state index in [1.54, 1.807) is 0 Å². The first kappa shape index (κ1) is 6.20. The first-order chi connectivity index (χ1) is 4.72. The van der Waals surface area contributed by atoms with E-state index in [1.165, 1.54) is 0 Å². The second-order valence-corrected chi connectivity index (χ2v) is 3.64. The molecule has 0 bridgehead atoms. The first-order valence-corrected chi connectivity index (χ1v) is 3.88. The zero-order valence-electron chi connectivity index (χ0n) is 6.33. The molecule has 0 spiro atoms. The van der Waals surface area contributed by atoms with Gasteiger partial charge in [0.25, 0.3) is 0 Å². The molecule has 0 aromatic carbocycles. The summed E-state index contributed by atoms with van der Waals surface area (Å²) < 4.78 is 4.86. The van der Waals surface area contributed by atoms with E-state index in [0.29, 0.717) is 24.4 Å². The standard InChI is InChI=1S/C8H12O2/c1-4(2)6-5-3-10-8(9)7(5)6/h4-7H,3H2,1-2H3/t5-,6-,7-/m1/s1. The normalized spacial score (nSPS) is 43.5. The van der Waals surface area contributed by atoms with Crippen LogP contribution in [0.1, 0.15) is 13.8 Å². The summed E-state index contributed by atoms with van der Waals surface area (Å²) in [6.45, 7) is 5.04. The van der Waals surface area contributed by atoms with Gasteiger partial charge in [0.05, 0.1) is 12.5 Å². The van der Waals surface area contributed by atoms with Crippen LogP contribution in [0.15, 0.2) is 0 Å². The summed E-state index contributed by atoms with van der Waals surface area (Å²) in [7, 11) is 0. The number of ether oxygens (including phenoxy) is 1. The van der Waals surface area contributed by atoms with Gasteiger partial charge in [0, 0.05) is 5.92 Å². The lowest BCUT2D eigenvalue weighted by atomic mass is 10.1. The number of carbonyl (C=O) groups excluding carboxylic acids is 1. The molecular formula is C8H12O2. The Labute approximate surface area is 60.6 Å². The van der Waals surface area contributed by atoms with Crippen molar-refractivity contribution < 1.29 is 9.53 Å². The van der Waals surface area contributed by atoms with Gasteiger partial charge in [0.1, 0.15) is 0 Å². The van der Waals surface area contributed by atoms with Crippen LogP contribution in [0, 0.1) is 23.7 Å².